The Morgan fingerprint density at radius 2 is 1.81 bits per heavy atom. The van der Waals surface area contributed by atoms with E-state index in [1.54, 1.807) is 12.1 Å². The molecule has 0 unspecified atom stereocenters. The van der Waals surface area contributed by atoms with Gasteiger partial charge < -0.3 is 4.74 Å². The van der Waals surface area contributed by atoms with Crippen LogP contribution in [0.15, 0.2) is 53.6 Å². The first kappa shape index (κ1) is 13.8. The van der Waals surface area contributed by atoms with Gasteiger partial charge in [0.05, 0.1) is 17.1 Å². The highest BCUT2D eigenvalue weighted by atomic mass is 32.2. The third kappa shape index (κ3) is 3.13. The number of nitrogens with one attached hydrogen (secondary N) is 1. The van der Waals surface area contributed by atoms with E-state index >= 15 is 0 Å². The van der Waals surface area contributed by atoms with E-state index in [1.165, 1.54) is 18.3 Å². The monoisotopic (exact) mass is 310 g/mol. The van der Waals surface area contributed by atoms with Crippen LogP contribution in [-0.2, 0) is 0 Å². The molecular weight excluding hydrogens is 301 g/mol. The molecule has 0 aliphatic heterocycles. The molecule has 1 heterocycles. The lowest BCUT2D eigenvalue weighted by atomic mass is 10.2. The standard InChI is InChI=1S/C14H9F3N2OS/c15-14(16,17)21-12-7-6-11(10-8-18-19-13(10)12)20-9-4-2-1-3-5-9/h1-8H,(H,18,19). The number of nitrogens with zero attached hydrogens (tertiary/aromatic N) is 1. The summed E-state index contributed by atoms with van der Waals surface area (Å²) < 4.78 is 43.2. The Morgan fingerprint density at radius 3 is 2.52 bits per heavy atom. The van der Waals surface area contributed by atoms with Crippen molar-refractivity contribution in [3.05, 3.63) is 48.7 Å². The van der Waals surface area contributed by atoms with E-state index in [4.69, 9.17) is 4.74 Å². The molecule has 1 N–H and O–H groups in total. The average molecular weight is 310 g/mol. The summed E-state index contributed by atoms with van der Waals surface area (Å²) in [5.74, 6) is 1.06. The van der Waals surface area contributed by atoms with Crippen molar-refractivity contribution < 1.29 is 17.9 Å². The largest absolute Gasteiger partial charge is 0.457 e. The number of hydrogen-bond donors (Lipinski definition) is 1. The summed E-state index contributed by atoms with van der Waals surface area (Å²) in [5.41, 5.74) is -4.04. The summed E-state index contributed by atoms with van der Waals surface area (Å²) in [7, 11) is 0. The summed E-state index contributed by atoms with van der Waals surface area (Å²) in [4.78, 5) is 0.0652. The number of aromatic amines is 1. The van der Waals surface area contributed by atoms with E-state index in [0.717, 1.165) is 0 Å². The predicted octanol–water partition coefficient (Wildman–Crippen LogP) is 4.97. The van der Waals surface area contributed by atoms with Gasteiger partial charge in [0.25, 0.3) is 0 Å². The predicted molar refractivity (Wildman–Crippen MR) is 74.5 cm³/mol. The molecule has 0 radical (unpaired) electrons. The number of fused-ring (bicyclic) bond motifs is 1. The molecule has 3 aromatic rings. The first-order chi connectivity index (χ1) is 10.0. The van der Waals surface area contributed by atoms with Gasteiger partial charge in [-0.15, -0.1) is 0 Å². The number of H-pyrrole nitrogens is 1. The third-order valence-corrected chi connectivity index (χ3v) is 3.53. The van der Waals surface area contributed by atoms with E-state index in [-0.39, 0.29) is 16.7 Å². The topological polar surface area (TPSA) is 37.9 Å². The molecule has 7 heteroatoms. The quantitative estimate of drug-likeness (QED) is 0.694. The maximum absolute atomic E-state index is 12.5. The van der Waals surface area contributed by atoms with Gasteiger partial charge in [-0.3, -0.25) is 5.10 Å². The summed E-state index contributed by atoms with van der Waals surface area (Å²) in [5, 5.41) is 6.90. The first-order valence-electron chi connectivity index (χ1n) is 5.98. The average Bonchev–Trinajstić information content (AvgIpc) is 2.91. The minimum atomic E-state index is -4.35. The van der Waals surface area contributed by atoms with Crippen molar-refractivity contribution in [3.8, 4) is 11.5 Å². The fourth-order valence-corrected chi connectivity index (χ4v) is 2.54. The van der Waals surface area contributed by atoms with E-state index in [2.05, 4.69) is 10.2 Å². The van der Waals surface area contributed by atoms with E-state index in [9.17, 15) is 13.2 Å². The van der Waals surface area contributed by atoms with Crippen LogP contribution in [-0.4, -0.2) is 15.7 Å². The van der Waals surface area contributed by atoms with Gasteiger partial charge in [-0.25, -0.2) is 0 Å². The van der Waals surface area contributed by atoms with Gasteiger partial charge in [0.1, 0.15) is 11.5 Å². The summed E-state index contributed by atoms with van der Waals surface area (Å²) in [6, 6.07) is 11.9. The molecule has 2 aromatic carbocycles. The number of thioether (sulfide) groups is 1. The molecule has 1 aromatic heterocycles. The Hall–Kier alpha value is -2.15. The Labute approximate surface area is 122 Å². The van der Waals surface area contributed by atoms with Gasteiger partial charge in [0.2, 0.25) is 0 Å². The maximum Gasteiger partial charge on any atom is 0.446 e. The van der Waals surface area contributed by atoms with Crippen molar-refractivity contribution in [1.29, 1.82) is 0 Å². The van der Waals surface area contributed by atoms with Crippen LogP contribution >= 0.6 is 11.8 Å². The number of aromatic nitrogens is 2. The van der Waals surface area contributed by atoms with E-state index < -0.39 is 5.51 Å². The summed E-state index contributed by atoms with van der Waals surface area (Å²) in [6.45, 7) is 0. The Balaban J connectivity index is 1.99. The second kappa shape index (κ2) is 5.33. The van der Waals surface area contributed by atoms with Crippen molar-refractivity contribution in [3.63, 3.8) is 0 Å². The van der Waals surface area contributed by atoms with E-state index in [1.807, 2.05) is 18.2 Å². The van der Waals surface area contributed by atoms with E-state index in [0.29, 0.717) is 22.4 Å². The molecule has 0 fully saturated rings. The molecule has 3 nitrogen and oxygen atoms in total. The SMILES string of the molecule is FC(F)(F)Sc1ccc(Oc2ccccc2)c2cn[nH]c12. The van der Waals surface area contributed by atoms with Crippen LogP contribution in [0.3, 0.4) is 0 Å². The zero-order chi connectivity index (χ0) is 14.9. The van der Waals surface area contributed by atoms with Crippen LogP contribution in [0, 0.1) is 0 Å². The molecule has 0 amide bonds. The Kier molecular flexibility index (Phi) is 3.50. The Bertz CT molecular complexity index is 756. The number of rotatable bonds is 3. The molecule has 0 spiro atoms. The highest BCUT2D eigenvalue weighted by Gasteiger charge is 2.30. The molecule has 0 saturated carbocycles. The van der Waals surface area contributed by atoms with Gasteiger partial charge in [0.15, 0.2) is 0 Å². The highest BCUT2D eigenvalue weighted by Crippen LogP contribution is 2.42. The van der Waals surface area contributed by atoms with Gasteiger partial charge in [0, 0.05) is 4.90 Å². The second-order valence-electron chi connectivity index (χ2n) is 4.18. The second-order valence-corrected chi connectivity index (χ2v) is 5.29. The molecule has 3 rings (SSSR count). The smallest absolute Gasteiger partial charge is 0.446 e. The fraction of sp³-hybridized carbons (Fsp3) is 0.0714. The third-order valence-electron chi connectivity index (χ3n) is 2.73. The zero-order valence-corrected chi connectivity index (χ0v) is 11.3. The van der Waals surface area contributed by atoms with Crippen LogP contribution in [0.25, 0.3) is 10.9 Å². The summed E-state index contributed by atoms with van der Waals surface area (Å²) in [6.07, 6.45) is 1.45. The lowest BCUT2D eigenvalue weighted by Crippen LogP contribution is -1.99. The van der Waals surface area contributed by atoms with Crippen LogP contribution in [0.4, 0.5) is 13.2 Å². The van der Waals surface area contributed by atoms with Crippen LogP contribution in [0.2, 0.25) is 0 Å². The first-order valence-corrected chi connectivity index (χ1v) is 6.79. The molecular formula is C14H9F3N2OS. The molecule has 0 bridgehead atoms. The highest BCUT2D eigenvalue weighted by molar-refractivity contribution is 8.00. The molecule has 21 heavy (non-hydrogen) atoms. The molecule has 0 aliphatic carbocycles. The fourth-order valence-electron chi connectivity index (χ4n) is 1.90. The normalized spacial score (nSPS) is 11.8. The molecule has 0 aliphatic rings. The molecule has 0 saturated heterocycles. The molecule has 108 valence electrons. The maximum atomic E-state index is 12.5. The van der Waals surface area contributed by atoms with Crippen LogP contribution < -0.4 is 4.74 Å². The Morgan fingerprint density at radius 1 is 1.05 bits per heavy atom. The van der Waals surface area contributed by atoms with Gasteiger partial charge in [-0.1, -0.05) is 18.2 Å². The van der Waals surface area contributed by atoms with Crippen molar-refractivity contribution in [2.45, 2.75) is 10.4 Å². The van der Waals surface area contributed by atoms with Gasteiger partial charge in [-0.2, -0.15) is 18.3 Å². The van der Waals surface area contributed by atoms with Crippen molar-refractivity contribution >= 4 is 22.7 Å². The zero-order valence-electron chi connectivity index (χ0n) is 10.5. The minimum absolute atomic E-state index is 0.0652. The van der Waals surface area contributed by atoms with Gasteiger partial charge >= 0.3 is 5.51 Å². The number of halogens is 3. The van der Waals surface area contributed by atoms with Crippen LogP contribution in [0.1, 0.15) is 0 Å². The number of alkyl halides is 3. The van der Waals surface area contributed by atoms with Gasteiger partial charge in [-0.05, 0) is 36.0 Å². The van der Waals surface area contributed by atoms with Crippen molar-refractivity contribution in [2.24, 2.45) is 0 Å². The lowest BCUT2D eigenvalue weighted by molar-refractivity contribution is -0.0327. The van der Waals surface area contributed by atoms with Crippen molar-refractivity contribution in [1.82, 2.24) is 10.2 Å². The summed E-state index contributed by atoms with van der Waals surface area (Å²) >= 11 is -0.177. The van der Waals surface area contributed by atoms with Crippen LogP contribution in [0.5, 0.6) is 11.5 Å². The number of ether oxygens (including phenoxy) is 1. The van der Waals surface area contributed by atoms with Crippen molar-refractivity contribution in [2.75, 3.05) is 0 Å². The number of para-hydroxylation sites is 1. The number of hydrogen-bond acceptors (Lipinski definition) is 3. The number of benzene rings is 2. The minimum Gasteiger partial charge on any atom is -0.457 e. The molecule has 0 atom stereocenters. The lowest BCUT2D eigenvalue weighted by Gasteiger charge is -2.10.